The second-order valence-electron chi connectivity index (χ2n) is 8.25. The Hall–Kier alpha value is -2.30. The van der Waals surface area contributed by atoms with Crippen LogP contribution < -0.4 is 5.32 Å². The molecule has 30 heavy (non-hydrogen) atoms. The number of amides is 1. The van der Waals surface area contributed by atoms with Crippen molar-refractivity contribution < 1.29 is 9.21 Å². The number of likely N-dealkylation sites (tertiary alicyclic amines) is 1. The third kappa shape index (κ3) is 4.40. The Morgan fingerprint density at radius 1 is 1.10 bits per heavy atom. The van der Waals surface area contributed by atoms with E-state index in [0.29, 0.717) is 12.3 Å². The summed E-state index contributed by atoms with van der Waals surface area (Å²) in [4.78, 5) is 15.5. The van der Waals surface area contributed by atoms with Crippen molar-refractivity contribution in [1.29, 1.82) is 0 Å². The largest absolute Gasteiger partial charge is 0.451 e. The molecule has 1 aliphatic heterocycles. The lowest BCUT2D eigenvalue weighted by molar-refractivity contribution is 0.0907. The zero-order valence-corrected chi connectivity index (χ0v) is 18.5. The summed E-state index contributed by atoms with van der Waals surface area (Å²) in [5, 5.41) is 4.86. The van der Waals surface area contributed by atoms with Crippen LogP contribution in [0.5, 0.6) is 0 Å². The predicted molar refractivity (Wildman–Crippen MR) is 122 cm³/mol. The number of carbonyl (C=O) groups excluding carboxylic acids is 1. The second kappa shape index (κ2) is 9.23. The maximum atomic E-state index is 13.0. The normalized spacial score (nSPS) is 16.4. The van der Waals surface area contributed by atoms with Crippen LogP contribution in [-0.2, 0) is 0 Å². The molecule has 0 aliphatic carbocycles. The lowest BCUT2D eigenvalue weighted by Gasteiger charge is -2.31. The summed E-state index contributed by atoms with van der Waals surface area (Å²) in [7, 11) is 0. The number of furan rings is 1. The smallest absolute Gasteiger partial charge is 0.287 e. The van der Waals surface area contributed by atoms with Gasteiger partial charge in [-0.05, 0) is 63.0 Å². The first-order valence-electron chi connectivity index (χ1n) is 10.8. The lowest BCUT2D eigenvalue weighted by atomic mass is 10.0. The van der Waals surface area contributed by atoms with Crippen molar-refractivity contribution in [3.05, 3.63) is 69.9 Å². The van der Waals surface area contributed by atoms with Gasteiger partial charge in [-0.15, -0.1) is 0 Å². The van der Waals surface area contributed by atoms with Gasteiger partial charge in [0.05, 0.1) is 6.04 Å². The van der Waals surface area contributed by atoms with E-state index in [2.05, 4.69) is 16.3 Å². The van der Waals surface area contributed by atoms with Crippen molar-refractivity contribution in [2.45, 2.75) is 45.6 Å². The molecule has 0 bridgehead atoms. The Bertz CT molecular complexity index is 1030. The average molecular weight is 425 g/mol. The number of nitrogens with one attached hydrogen (secondary N) is 1. The van der Waals surface area contributed by atoms with Gasteiger partial charge in [0.15, 0.2) is 5.76 Å². The average Bonchev–Trinajstić information content (AvgIpc) is 2.90. The molecule has 158 valence electrons. The number of aryl methyl sites for hydroxylation is 2. The highest BCUT2D eigenvalue weighted by Gasteiger charge is 2.25. The fraction of sp³-hybridized carbons (Fsp3) is 0.400. The molecule has 1 fully saturated rings. The van der Waals surface area contributed by atoms with Gasteiger partial charge in [0, 0.05) is 22.5 Å². The van der Waals surface area contributed by atoms with Crippen LogP contribution in [0.1, 0.15) is 59.0 Å². The second-order valence-corrected chi connectivity index (χ2v) is 8.66. The highest BCUT2D eigenvalue weighted by molar-refractivity contribution is 6.31. The number of halogens is 1. The minimum Gasteiger partial charge on any atom is -0.451 e. The molecule has 4 rings (SSSR count). The van der Waals surface area contributed by atoms with Gasteiger partial charge in [0.1, 0.15) is 5.58 Å². The zero-order chi connectivity index (χ0) is 21.1. The van der Waals surface area contributed by atoms with E-state index in [4.69, 9.17) is 16.0 Å². The zero-order valence-electron chi connectivity index (χ0n) is 17.7. The molecule has 2 aromatic carbocycles. The molecule has 5 heteroatoms. The monoisotopic (exact) mass is 424 g/mol. The molecule has 0 radical (unpaired) electrons. The molecule has 1 saturated heterocycles. The lowest BCUT2D eigenvalue weighted by Crippen LogP contribution is -2.39. The minimum atomic E-state index is -0.173. The molecule has 1 aliphatic rings. The van der Waals surface area contributed by atoms with Gasteiger partial charge >= 0.3 is 0 Å². The van der Waals surface area contributed by atoms with E-state index in [9.17, 15) is 4.79 Å². The molecule has 0 saturated carbocycles. The van der Waals surface area contributed by atoms with E-state index < -0.39 is 0 Å². The van der Waals surface area contributed by atoms with Gasteiger partial charge in [0.25, 0.3) is 5.91 Å². The summed E-state index contributed by atoms with van der Waals surface area (Å²) >= 11 is 6.55. The van der Waals surface area contributed by atoms with Crippen LogP contribution in [0.15, 0.2) is 46.9 Å². The van der Waals surface area contributed by atoms with Crippen LogP contribution in [0.2, 0.25) is 5.02 Å². The van der Waals surface area contributed by atoms with Crippen molar-refractivity contribution in [2.75, 3.05) is 19.6 Å². The van der Waals surface area contributed by atoms with Gasteiger partial charge in [0.2, 0.25) is 0 Å². The summed E-state index contributed by atoms with van der Waals surface area (Å²) in [5.74, 6) is 0.220. The van der Waals surface area contributed by atoms with E-state index in [1.807, 2.05) is 50.2 Å². The summed E-state index contributed by atoms with van der Waals surface area (Å²) in [6.45, 7) is 6.50. The number of nitrogens with zero attached hydrogens (tertiary/aromatic N) is 1. The first-order valence-corrected chi connectivity index (χ1v) is 11.2. The molecule has 0 spiro atoms. The standard InChI is InChI=1S/C25H29ClN2O2/c1-17-11-12-19-18(2)24(30-23(19)15-17)25(29)27-16-22(20-9-5-6-10-21(20)26)28-13-7-3-4-8-14-28/h5-6,9-12,15,22H,3-4,7-8,13-14,16H2,1-2H3,(H,27,29)/t22-/m0/s1. The Morgan fingerprint density at radius 3 is 2.57 bits per heavy atom. The molecule has 3 aromatic rings. The molecular weight excluding hydrogens is 396 g/mol. The summed E-state index contributed by atoms with van der Waals surface area (Å²) in [5.41, 5.74) is 3.82. The number of hydrogen-bond acceptors (Lipinski definition) is 3. The number of hydrogen-bond donors (Lipinski definition) is 1. The fourth-order valence-electron chi connectivity index (χ4n) is 4.41. The van der Waals surface area contributed by atoms with Crippen LogP contribution in [0, 0.1) is 13.8 Å². The van der Waals surface area contributed by atoms with Crippen molar-refractivity contribution in [3.8, 4) is 0 Å². The number of rotatable bonds is 5. The van der Waals surface area contributed by atoms with E-state index in [1.165, 1.54) is 25.7 Å². The number of benzene rings is 2. The fourth-order valence-corrected chi connectivity index (χ4v) is 4.67. The Kier molecular flexibility index (Phi) is 6.45. The quantitative estimate of drug-likeness (QED) is 0.542. The van der Waals surface area contributed by atoms with Gasteiger partial charge in [-0.1, -0.05) is 54.8 Å². The summed E-state index contributed by atoms with van der Waals surface area (Å²) in [6, 6.07) is 14.0. The minimum absolute atomic E-state index is 0.0488. The summed E-state index contributed by atoms with van der Waals surface area (Å²) in [6.07, 6.45) is 4.87. The molecular formula is C25H29ClN2O2. The molecule has 1 atom stereocenters. The molecule has 1 amide bonds. The molecule has 1 N–H and O–H groups in total. The van der Waals surface area contributed by atoms with Crippen molar-refractivity contribution in [1.82, 2.24) is 10.2 Å². The van der Waals surface area contributed by atoms with Crippen LogP contribution >= 0.6 is 11.6 Å². The molecule has 0 unspecified atom stereocenters. The third-order valence-corrected chi connectivity index (χ3v) is 6.45. The maximum absolute atomic E-state index is 13.0. The van der Waals surface area contributed by atoms with Gasteiger partial charge in [-0.25, -0.2) is 0 Å². The van der Waals surface area contributed by atoms with Crippen LogP contribution in [-0.4, -0.2) is 30.4 Å². The van der Waals surface area contributed by atoms with Gasteiger partial charge < -0.3 is 9.73 Å². The maximum Gasteiger partial charge on any atom is 0.287 e. The van der Waals surface area contributed by atoms with Crippen molar-refractivity contribution >= 4 is 28.5 Å². The van der Waals surface area contributed by atoms with E-state index >= 15 is 0 Å². The van der Waals surface area contributed by atoms with E-state index in [1.54, 1.807) is 0 Å². The highest BCUT2D eigenvalue weighted by atomic mass is 35.5. The molecule has 4 nitrogen and oxygen atoms in total. The van der Waals surface area contributed by atoms with Crippen LogP contribution in [0.4, 0.5) is 0 Å². The highest BCUT2D eigenvalue weighted by Crippen LogP contribution is 2.30. The number of carbonyl (C=O) groups is 1. The first kappa shape index (κ1) is 21.0. The Labute approximate surface area is 183 Å². The summed E-state index contributed by atoms with van der Waals surface area (Å²) < 4.78 is 5.92. The predicted octanol–water partition coefficient (Wildman–Crippen LogP) is 6.05. The topological polar surface area (TPSA) is 45.5 Å². The van der Waals surface area contributed by atoms with Gasteiger partial charge in [-0.3, -0.25) is 9.69 Å². The first-order chi connectivity index (χ1) is 14.5. The van der Waals surface area contributed by atoms with Gasteiger partial charge in [-0.2, -0.15) is 0 Å². The third-order valence-electron chi connectivity index (χ3n) is 6.10. The Morgan fingerprint density at radius 2 is 1.83 bits per heavy atom. The molecule has 2 heterocycles. The SMILES string of the molecule is Cc1ccc2c(C)c(C(=O)NC[C@@H](c3ccccc3Cl)N3CCCCCC3)oc2c1. The Balaban J connectivity index is 1.57. The van der Waals surface area contributed by atoms with Crippen LogP contribution in [0.3, 0.4) is 0 Å². The van der Waals surface area contributed by atoms with Crippen molar-refractivity contribution in [3.63, 3.8) is 0 Å². The number of fused-ring (bicyclic) bond motifs is 1. The van der Waals surface area contributed by atoms with Crippen molar-refractivity contribution in [2.24, 2.45) is 0 Å². The van der Waals surface area contributed by atoms with E-state index in [-0.39, 0.29) is 11.9 Å². The molecule has 1 aromatic heterocycles. The van der Waals surface area contributed by atoms with E-state index in [0.717, 1.165) is 45.8 Å². The van der Waals surface area contributed by atoms with Crippen LogP contribution in [0.25, 0.3) is 11.0 Å².